The smallest absolute Gasteiger partial charge is 0.253 e. The lowest BCUT2D eigenvalue weighted by atomic mass is 9.97. The molecule has 1 aromatic rings. The van der Waals surface area contributed by atoms with Crippen molar-refractivity contribution in [1.29, 1.82) is 0 Å². The highest BCUT2D eigenvalue weighted by Crippen LogP contribution is 2.22. The predicted molar refractivity (Wildman–Crippen MR) is 92.6 cm³/mol. The largest absolute Gasteiger partial charge is 0.339 e. The molecule has 1 heterocycles. The van der Waals surface area contributed by atoms with Gasteiger partial charge in [0.1, 0.15) is 0 Å². The highest BCUT2D eigenvalue weighted by Gasteiger charge is 2.28. The number of nitrogens with zero attached hydrogens (tertiary/aromatic N) is 2. The summed E-state index contributed by atoms with van der Waals surface area (Å²) >= 11 is 0. The lowest BCUT2D eigenvalue weighted by Gasteiger charge is -2.39. The Bertz CT molecular complexity index is 573. The van der Waals surface area contributed by atoms with E-state index < -0.39 is 0 Å². The van der Waals surface area contributed by atoms with Crippen LogP contribution in [0.5, 0.6) is 0 Å². The fraction of sp³-hybridized carbons (Fsp3) is 0.556. The zero-order valence-corrected chi connectivity index (χ0v) is 14.5. The number of carbonyl (C=O) groups excluding carboxylic acids is 2. The Balaban J connectivity index is 2.07. The second-order valence-electron chi connectivity index (χ2n) is 6.41. The van der Waals surface area contributed by atoms with E-state index in [0.29, 0.717) is 23.7 Å². The third kappa shape index (κ3) is 4.32. The molecule has 2 amide bonds. The number of piperidine rings is 1. The summed E-state index contributed by atoms with van der Waals surface area (Å²) in [5.41, 5.74) is 1.29. The van der Waals surface area contributed by atoms with Crippen LogP contribution in [-0.2, 0) is 4.79 Å². The molecule has 1 N–H and O–H groups in total. The number of rotatable bonds is 4. The van der Waals surface area contributed by atoms with E-state index in [1.165, 1.54) is 0 Å². The van der Waals surface area contributed by atoms with Crippen molar-refractivity contribution < 1.29 is 9.59 Å². The minimum atomic E-state index is -0.0490. The summed E-state index contributed by atoms with van der Waals surface area (Å²) in [4.78, 5) is 28.4. The van der Waals surface area contributed by atoms with E-state index in [0.717, 1.165) is 19.4 Å². The molecule has 0 bridgehead atoms. The summed E-state index contributed by atoms with van der Waals surface area (Å²) in [7, 11) is 4.00. The van der Waals surface area contributed by atoms with Gasteiger partial charge < -0.3 is 15.1 Å². The molecule has 2 rings (SSSR count). The van der Waals surface area contributed by atoms with E-state index in [1.807, 2.05) is 24.1 Å². The van der Waals surface area contributed by atoms with Crippen LogP contribution in [0.1, 0.15) is 43.5 Å². The van der Waals surface area contributed by atoms with E-state index in [2.05, 4.69) is 24.2 Å². The minimum absolute atomic E-state index is 0.0133. The van der Waals surface area contributed by atoms with Crippen molar-refractivity contribution in [2.45, 2.75) is 45.2 Å². The first-order valence-corrected chi connectivity index (χ1v) is 8.29. The molecule has 1 aromatic carbocycles. The van der Waals surface area contributed by atoms with Crippen molar-refractivity contribution in [2.24, 2.45) is 0 Å². The standard InChI is InChI=1S/C18H27N3O2/c1-5-17(22)19-15-8-6-7-14(12-15)18(23)21(4)16-9-10-20(3)13(2)11-16/h6-8,12-13,16H,5,9-11H2,1-4H3,(H,19,22)/t13-,16-/m1/s1. The third-order valence-electron chi connectivity index (χ3n) is 4.76. The summed E-state index contributed by atoms with van der Waals surface area (Å²) in [6.45, 7) is 5.01. The monoisotopic (exact) mass is 317 g/mol. The Morgan fingerprint density at radius 2 is 2.13 bits per heavy atom. The van der Waals surface area contributed by atoms with E-state index in [4.69, 9.17) is 0 Å². The van der Waals surface area contributed by atoms with Gasteiger partial charge in [0.2, 0.25) is 5.91 Å². The number of amides is 2. The highest BCUT2D eigenvalue weighted by atomic mass is 16.2. The number of nitrogens with one attached hydrogen (secondary N) is 1. The number of anilines is 1. The molecular weight excluding hydrogens is 290 g/mol. The van der Waals surface area contributed by atoms with Gasteiger partial charge in [-0.2, -0.15) is 0 Å². The number of hydrogen-bond donors (Lipinski definition) is 1. The quantitative estimate of drug-likeness (QED) is 0.928. The van der Waals surface area contributed by atoms with Gasteiger partial charge in [-0.3, -0.25) is 9.59 Å². The van der Waals surface area contributed by atoms with Gasteiger partial charge in [-0.15, -0.1) is 0 Å². The number of carbonyl (C=O) groups is 2. The van der Waals surface area contributed by atoms with Gasteiger partial charge in [-0.05, 0) is 45.0 Å². The molecule has 1 fully saturated rings. The van der Waals surface area contributed by atoms with Crippen LogP contribution in [0.3, 0.4) is 0 Å². The molecule has 0 spiro atoms. The summed E-state index contributed by atoms with van der Waals surface area (Å²) in [6, 6.07) is 7.93. The van der Waals surface area contributed by atoms with Crippen molar-refractivity contribution in [3.63, 3.8) is 0 Å². The van der Waals surface area contributed by atoms with Gasteiger partial charge >= 0.3 is 0 Å². The number of hydrogen-bond acceptors (Lipinski definition) is 3. The second-order valence-corrected chi connectivity index (χ2v) is 6.41. The van der Waals surface area contributed by atoms with Crippen LogP contribution in [0, 0.1) is 0 Å². The molecule has 5 heteroatoms. The summed E-state index contributed by atoms with van der Waals surface area (Å²) in [5, 5.41) is 2.80. The van der Waals surface area contributed by atoms with Crippen molar-refractivity contribution >= 4 is 17.5 Å². The first-order valence-electron chi connectivity index (χ1n) is 8.29. The maximum absolute atomic E-state index is 12.7. The van der Waals surface area contributed by atoms with Gasteiger partial charge in [0.25, 0.3) is 5.91 Å². The molecule has 0 aromatic heterocycles. The van der Waals surface area contributed by atoms with Crippen LogP contribution in [0.25, 0.3) is 0 Å². The Hall–Kier alpha value is -1.88. The van der Waals surface area contributed by atoms with Crippen LogP contribution in [0.15, 0.2) is 24.3 Å². The van der Waals surface area contributed by atoms with Crippen molar-refractivity contribution in [2.75, 3.05) is 26.0 Å². The fourth-order valence-electron chi connectivity index (χ4n) is 2.97. The minimum Gasteiger partial charge on any atom is -0.339 e. The van der Waals surface area contributed by atoms with Gasteiger partial charge in [-0.1, -0.05) is 13.0 Å². The molecule has 1 aliphatic heterocycles. The third-order valence-corrected chi connectivity index (χ3v) is 4.76. The summed E-state index contributed by atoms with van der Waals surface area (Å²) in [5.74, 6) is -0.0357. The first kappa shape index (κ1) is 17.5. The van der Waals surface area contributed by atoms with Crippen molar-refractivity contribution in [1.82, 2.24) is 9.80 Å². The molecule has 23 heavy (non-hydrogen) atoms. The van der Waals surface area contributed by atoms with Crippen LogP contribution in [0.4, 0.5) is 5.69 Å². The van der Waals surface area contributed by atoms with E-state index in [1.54, 1.807) is 19.1 Å². The van der Waals surface area contributed by atoms with Gasteiger partial charge in [-0.25, -0.2) is 0 Å². The molecule has 2 atom stereocenters. The Morgan fingerprint density at radius 3 is 2.78 bits per heavy atom. The number of benzene rings is 1. The molecule has 1 aliphatic rings. The fourth-order valence-corrected chi connectivity index (χ4v) is 2.97. The number of likely N-dealkylation sites (tertiary alicyclic amines) is 1. The van der Waals surface area contributed by atoms with E-state index >= 15 is 0 Å². The Labute approximate surface area is 138 Å². The van der Waals surface area contributed by atoms with Crippen molar-refractivity contribution in [3.05, 3.63) is 29.8 Å². The molecule has 0 aliphatic carbocycles. The summed E-state index contributed by atoms with van der Waals surface area (Å²) < 4.78 is 0. The van der Waals surface area contributed by atoms with Crippen LogP contribution < -0.4 is 5.32 Å². The summed E-state index contributed by atoms with van der Waals surface area (Å²) in [6.07, 6.45) is 2.41. The topological polar surface area (TPSA) is 52.7 Å². The van der Waals surface area contributed by atoms with E-state index in [9.17, 15) is 9.59 Å². The highest BCUT2D eigenvalue weighted by molar-refractivity contribution is 5.97. The molecule has 0 unspecified atom stereocenters. The van der Waals surface area contributed by atoms with Gasteiger partial charge in [0.15, 0.2) is 0 Å². The molecule has 0 radical (unpaired) electrons. The molecule has 0 saturated carbocycles. The van der Waals surface area contributed by atoms with Gasteiger partial charge in [0, 0.05) is 43.3 Å². The van der Waals surface area contributed by atoms with Crippen molar-refractivity contribution in [3.8, 4) is 0 Å². The normalized spacial score (nSPS) is 21.7. The van der Waals surface area contributed by atoms with E-state index in [-0.39, 0.29) is 17.9 Å². The average molecular weight is 317 g/mol. The molecule has 1 saturated heterocycles. The second kappa shape index (κ2) is 7.59. The van der Waals surface area contributed by atoms with Crippen LogP contribution >= 0.6 is 0 Å². The lowest BCUT2D eigenvalue weighted by Crippen LogP contribution is -2.48. The van der Waals surface area contributed by atoms with Crippen LogP contribution in [-0.4, -0.2) is 54.3 Å². The lowest BCUT2D eigenvalue weighted by molar-refractivity contribution is -0.115. The SMILES string of the molecule is CCC(=O)Nc1cccc(C(=O)N(C)[C@@H]2CCN(C)[C@H](C)C2)c1. The molecule has 5 nitrogen and oxygen atoms in total. The van der Waals surface area contributed by atoms with Gasteiger partial charge in [0.05, 0.1) is 0 Å². The first-order chi connectivity index (χ1) is 10.9. The Kier molecular flexibility index (Phi) is 5.77. The molecular formula is C18H27N3O2. The predicted octanol–water partition coefficient (Wildman–Crippen LogP) is 2.59. The zero-order valence-electron chi connectivity index (χ0n) is 14.5. The maximum atomic E-state index is 12.7. The Morgan fingerprint density at radius 1 is 1.39 bits per heavy atom. The average Bonchev–Trinajstić information content (AvgIpc) is 2.56. The van der Waals surface area contributed by atoms with Crippen LogP contribution in [0.2, 0.25) is 0 Å². The maximum Gasteiger partial charge on any atom is 0.253 e. The zero-order chi connectivity index (χ0) is 17.0. The molecule has 126 valence electrons.